The molecule has 0 saturated carbocycles. The van der Waals surface area contributed by atoms with Crippen LogP contribution in [0.25, 0.3) is 21.8 Å². The van der Waals surface area contributed by atoms with Gasteiger partial charge in [0.1, 0.15) is 6.54 Å². The van der Waals surface area contributed by atoms with E-state index in [1.54, 1.807) is 0 Å². The number of hydrogen-bond donors (Lipinski definition) is 1. The number of para-hydroxylation sites is 2. The lowest BCUT2D eigenvalue weighted by atomic mass is 10.1. The van der Waals surface area contributed by atoms with E-state index in [1.807, 2.05) is 62.4 Å². The third-order valence-electron chi connectivity index (χ3n) is 5.75. The van der Waals surface area contributed by atoms with Crippen LogP contribution < -0.4 is 9.62 Å². The second-order valence-electron chi connectivity index (χ2n) is 8.05. The Hall–Kier alpha value is -3.32. The second kappa shape index (κ2) is 8.31. The minimum Gasteiger partial charge on any atom is -0.341 e. The molecule has 6 nitrogen and oxygen atoms in total. The van der Waals surface area contributed by atoms with Gasteiger partial charge in [-0.3, -0.25) is 9.10 Å². The van der Waals surface area contributed by atoms with Crippen molar-refractivity contribution in [1.82, 2.24) is 4.57 Å². The fourth-order valence-corrected chi connectivity index (χ4v) is 5.34. The number of rotatable bonds is 6. The summed E-state index contributed by atoms with van der Waals surface area (Å²) in [6, 6.07) is 19.5. The number of hydrogen-bond acceptors (Lipinski definition) is 3. The summed E-state index contributed by atoms with van der Waals surface area (Å²) in [6.45, 7) is 6.34. The van der Waals surface area contributed by atoms with Crippen LogP contribution in [0.15, 0.2) is 60.7 Å². The summed E-state index contributed by atoms with van der Waals surface area (Å²) in [4.78, 5) is 12.9. The number of amides is 1. The Balaban J connectivity index is 1.66. The first kappa shape index (κ1) is 21.9. The molecule has 7 heteroatoms. The molecule has 166 valence electrons. The summed E-state index contributed by atoms with van der Waals surface area (Å²) < 4.78 is 28.5. The van der Waals surface area contributed by atoms with Gasteiger partial charge in [0.15, 0.2) is 0 Å². The maximum absolute atomic E-state index is 12.9. The molecule has 0 aliphatic carbocycles. The lowest BCUT2D eigenvalue weighted by Crippen LogP contribution is -2.38. The summed E-state index contributed by atoms with van der Waals surface area (Å²) in [5.74, 6) is -0.392. The molecule has 0 spiro atoms. The number of sulfonamides is 1. The van der Waals surface area contributed by atoms with Gasteiger partial charge in [-0.1, -0.05) is 36.4 Å². The van der Waals surface area contributed by atoms with Crippen LogP contribution in [0.4, 0.5) is 11.4 Å². The molecule has 1 aromatic heterocycles. The van der Waals surface area contributed by atoms with Crippen LogP contribution in [0.2, 0.25) is 0 Å². The van der Waals surface area contributed by atoms with Gasteiger partial charge in [0.2, 0.25) is 15.9 Å². The van der Waals surface area contributed by atoms with Crippen LogP contribution in [0.5, 0.6) is 0 Å². The monoisotopic (exact) mass is 449 g/mol. The molecule has 1 amide bonds. The van der Waals surface area contributed by atoms with E-state index in [0.717, 1.165) is 45.7 Å². The van der Waals surface area contributed by atoms with Crippen molar-refractivity contribution in [1.29, 1.82) is 0 Å². The van der Waals surface area contributed by atoms with E-state index >= 15 is 0 Å². The summed E-state index contributed by atoms with van der Waals surface area (Å²) in [5, 5.41) is 5.05. The van der Waals surface area contributed by atoms with E-state index in [-0.39, 0.29) is 6.54 Å². The molecular formula is C25H27N3O3S. The summed E-state index contributed by atoms with van der Waals surface area (Å²) in [7, 11) is -3.64. The first-order chi connectivity index (χ1) is 15.2. The van der Waals surface area contributed by atoms with Crippen molar-refractivity contribution in [2.75, 3.05) is 22.4 Å². The van der Waals surface area contributed by atoms with Crippen LogP contribution >= 0.6 is 0 Å². The average molecular weight is 450 g/mol. The van der Waals surface area contributed by atoms with Gasteiger partial charge in [-0.15, -0.1) is 0 Å². The van der Waals surface area contributed by atoms with Gasteiger partial charge in [0.05, 0.1) is 11.9 Å². The fourth-order valence-electron chi connectivity index (χ4n) is 4.36. The van der Waals surface area contributed by atoms with Crippen LogP contribution in [-0.2, 0) is 21.4 Å². The maximum atomic E-state index is 12.9. The normalized spacial score (nSPS) is 11.8. The van der Waals surface area contributed by atoms with Crippen molar-refractivity contribution in [3.8, 4) is 0 Å². The number of anilines is 2. The molecular weight excluding hydrogens is 422 g/mol. The Morgan fingerprint density at radius 3 is 2.25 bits per heavy atom. The van der Waals surface area contributed by atoms with E-state index < -0.39 is 15.9 Å². The third-order valence-corrected chi connectivity index (χ3v) is 6.86. The molecule has 0 aliphatic rings. The first-order valence-electron chi connectivity index (χ1n) is 10.6. The predicted molar refractivity (Wildman–Crippen MR) is 132 cm³/mol. The second-order valence-corrected chi connectivity index (χ2v) is 9.96. The highest BCUT2D eigenvalue weighted by Crippen LogP contribution is 2.31. The van der Waals surface area contributed by atoms with Gasteiger partial charge < -0.3 is 9.88 Å². The van der Waals surface area contributed by atoms with Gasteiger partial charge in [-0.2, -0.15) is 0 Å². The minimum absolute atomic E-state index is 0.292. The summed E-state index contributed by atoms with van der Waals surface area (Å²) in [6.07, 6.45) is 1.12. The first-order valence-corrected chi connectivity index (χ1v) is 12.4. The molecule has 0 saturated heterocycles. The van der Waals surface area contributed by atoms with Gasteiger partial charge in [-0.25, -0.2) is 8.42 Å². The van der Waals surface area contributed by atoms with Gasteiger partial charge in [-0.05, 0) is 56.2 Å². The number of benzene rings is 3. The highest BCUT2D eigenvalue weighted by atomic mass is 32.2. The zero-order valence-corrected chi connectivity index (χ0v) is 19.5. The van der Waals surface area contributed by atoms with Crippen molar-refractivity contribution in [2.45, 2.75) is 27.3 Å². The van der Waals surface area contributed by atoms with Crippen molar-refractivity contribution < 1.29 is 13.2 Å². The molecule has 0 atom stereocenters. The Bertz CT molecular complexity index is 1420. The quantitative estimate of drug-likeness (QED) is 0.458. The SMILES string of the molecule is CCn1c2ccccc2c2cc(NC(=O)CN(c3c(C)cccc3C)S(C)(=O)=O)ccc21. The van der Waals surface area contributed by atoms with Crippen LogP contribution in [-0.4, -0.2) is 31.7 Å². The molecule has 4 aromatic rings. The van der Waals surface area contributed by atoms with E-state index in [2.05, 4.69) is 28.9 Å². The molecule has 0 aliphatic heterocycles. The molecule has 1 heterocycles. The van der Waals surface area contributed by atoms with E-state index in [1.165, 1.54) is 4.31 Å². The standard InChI is InChI=1S/C25H27N3O3S/c1-5-27-22-12-7-6-11-20(22)21-15-19(13-14-23(21)27)26-24(29)16-28(32(4,30)31)25-17(2)9-8-10-18(25)3/h6-15H,5,16H2,1-4H3,(H,26,29). The van der Waals surface area contributed by atoms with Gasteiger partial charge in [0, 0.05) is 34.0 Å². The maximum Gasteiger partial charge on any atom is 0.245 e. The van der Waals surface area contributed by atoms with Crippen LogP contribution in [0.3, 0.4) is 0 Å². The summed E-state index contributed by atoms with van der Waals surface area (Å²) >= 11 is 0. The van der Waals surface area contributed by atoms with Crippen molar-refractivity contribution in [3.05, 3.63) is 71.8 Å². The van der Waals surface area contributed by atoms with Crippen LogP contribution in [0.1, 0.15) is 18.1 Å². The average Bonchev–Trinajstić information content (AvgIpc) is 3.05. The van der Waals surface area contributed by atoms with Gasteiger partial charge >= 0.3 is 0 Å². The number of nitrogens with zero attached hydrogens (tertiary/aromatic N) is 2. The van der Waals surface area contributed by atoms with Crippen molar-refractivity contribution in [3.63, 3.8) is 0 Å². The van der Waals surface area contributed by atoms with Crippen molar-refractivity contribution >= 4 is 49.1 Å². The zero-order chi connectivity index (χ0) is 23.0. The number of carbonyl (C=O) groups excluding carboxylic acids is 1. The zero-order valence-electron chi connectivity index (χ0n) is 18.7. The molecule has 0 fully saturated rings. The Morgan fingerprint density at radius 2 is 1.59 bits per heavy atom. The number of carbonyl (C=O) groups is 1. The minimum atomic E-state index is -3.64. The predicted octanol–water partition coefficient (Wildman–Crippen LogP) is 4.84. The molecule has 0 bridgehead atoms. The van der Waals surface area contributed by atoms with Crippen LogP contribution in [0, 0.1) is 13.8 Å². The van der Waals surface area contributed by atoms with Gasteiger partial charge in [0.25, 0.3) is 0 Å². The van der Waals surface area contributed by atoms with Crippen molar-refractivity contribution in [2.24, 2.45) is 0 Å². The molecule has 3 aromatic carbocycles. The Labute approximate surface area is 188 Å². The number of nitrogens with one attached hydrogen (secondary N) is 1. The number of aryl methyl sites for hydroxylation is 3. The third kappa shape index (κ3) is 3.96. The number of aromatic nitrogens is 1. The highest BCUT2D eigenvalue weighted by molar-refractivity contribution is 7.92. The topological polar surface area (TPSA) is 71.4 Å². The summed E-state index contributed by atoms with van der Waals surface area (Å²) in [5.41, 5.74) is 5.03. The number of fused-ring (bicyclic) bond motifs is 3. The smallest absolute Gasteiger partial charge is 0.245 e. The largest absolute Gasteiger partial charge is 0.341 e. The molecule has 1 N–H and O–H groups in total. The Kier molecular flexibility index (Phi) is 5.69. The molecule has 0 unspecified atom stereocenters. The lowest BCUT2D eigenvalue weighted by molar-refractivity contribution is -0.114. The highest BCUT2D eigenvalue weighted by Gasteiger charge is 2.24. The van der Waals surface area contributed by atoms with E-state index in [9.17, 15) is 13.2 Å². The molecule has 0 radical (unpaired) electrons. The molecule has 4 rings (SSSR count). The van der Waals surface area contributed by atoms with E-state index in [0.29, 0.717) is 11.4 Å². The van der Waals surface area contributed by atoms with E-state index in [4.69, 9.17) is 0 Å². The Morgan fingerprint density at radius 1 is 0.938 bits per heavy atom. The fraction of sp³-hybridized carbons (Fsp3) is 0.240. The lowest BCUT2D eigenvalue weighted by Gasteiger charge is -2.25. The molecule has 32 heavy (non-hydrogen) atoms.